The van der Waals surface area contributed by atoms with Crippen LogP contribution in [0.1, 0.15) is 30.3 Å². The molecule has 1 heterocycles. The molecule has 0 saturated carbocycles. The zero-order valence-electron chi connectivity index (χ0n) is 11.1. The summed E-state index contributed by atoms with van der Waals surface area (Å²) >= 11 is 1.63. The average molecular weight is 271 g/mol. The van der Waals surface area contributed by atoms with E-state index in [-0.39, 0.29) is 11.5 Å². The number of rotatable bonds is 5. The highest BCUT2D eigenvalue weighted by Crippen LogP contribution is 2.23. The monoisotopic (exact) mass is 271 g/mol. The van der Waals surface area contributed by atoms with Crippen LogP contribution in [0.2, 0.25) is 0 Å². The van der Waals surface area contributed by atoms with E-state index in [0.29, 0.717) is 6.54 Å². The van der Waals surface area contributed by atoms with Gasteiger partial charge in [0, 0.05) is 18.1 Å². The minimum absolute atomic E-state index is 0.138. The van der Waals surface area contributed by atoms with Crippen molar-refractivity contribution in [3.05, 3.63) is 52.5 Å². The first-order chi connectivity index (χ1) is 9.13. The third-order valence-corrected chi connectivity index (χ3v) is 4.17. The summed E-state index contributed by atoms with van der Waals surface area (Å²) in [6, 6.07) is 12.2. The summed E-state index contributed by atoms with van der Waals surface area (Å²) in [5.41, 5.74) is 0.838. The van der Waals surface area contributed by atoms with E-state index in [1.807, 2.05) is 41.9 Å². The molecular formula is C15H17N3S. The Balaban J connectivity index is 2.03. The van der Waals surface area contributed by atoms with Crippen LogP contribution in [0.5, 0.6) is 0 Å². The lowest BCUT2D eigenvalue weighted by molar-refractivity contribution is 0.397. The zero-order chi connectivity index (χ0) is 13.7. The predicted octanol–water partition coefficient (Wildman–Crippen LogP) is 3.28. The largest absolute Gasteiger partial charge is 0.304 e. The fourth-order valence-corrected chi connectivity index (χ4v) is 2.63. The van der Waals surface area contributed by atoms with Crippen molar-refractivity contribution in [3.63, 3.8) is 0 Å². The van der Waals surface area contributed by atoms with E-state index >= 15 is 0 Å². The maximum Gasteiger partial charge on any atom is 0.112 e. The van der Waals surface area contributed by atoms with Crippen LogP contribution in [0.3, 0.4) is 0 Å². The lowest BCUT2D eigenvalue weighted by Gasteiger charge is -2.25. The maximum atomic E-state index is 9.30. The van der Waals surface area contributed by atoms with E-state index in [1.165, 1.54) is 0 Å². The number of thiazole rings is 1. The lowest BCUT2D eigenvalue weighted by Crippen LogP contribution is -2.38. The van der Waals surface area contributed by atoms with Crippen LogP contribution in [-0.4, -0.2) is 11.5 Å². The molecule has 2 rings (SSSR count). The number of benzene rings is 1. The van der Waals surface area contributed by atoms with Gasteiger partial charge in [0.25, 0.3) is 0 Å². The third kappa shape index (κ3) is 3.40. The second kappa shape index (κ2) is 5.96. The number of nitrogens with zero attached hydrogens (tertiary/aromatic N) is 2. The van der Waals surface area contributed by atoms with Gasteiger partial charge in [0.1, 0.15) is 5.01 Å². The zero-order valence-corrected chi connectivity index (χ0v) is 11.9. The van der Waals surface area contributed by atoms with E-state index in [4.69, 9.17) is 0 Å². The third-order valence-electron chi connectivity index (χ3n) is 3.07. The van der Waals surface area contributed by atoms with E-state index in [0.717, 1.165) is 10.6 Å². The summed E-state index contributed by atoms with van der Waals surface area (Å²) in [6.07, 6.45) is 1.81. The molecule has 0 fully saturated rings. The first kappa shape index (κ1) is 13.7. The number of hydrogen-bond acceptors (Lipinski definition) is 4. The van der Waals surface area contributed by atoms with Crippen molar-refractivity contribution < 1.29 is 0 Å². The number of hydrogen-bond donors (Lipinski definition) is 1. The molecule has 4 heteroatoms. The minimum Gasteiger partial charge on any atom is -0.304 e. The molecule has 98 valence electrons. The average Bonchev–Trinajstić information content (AvgIpc) is 2.95. The Bertz CT molecular complexity index is 541. The molecule has 1 unspecified atom stereocenters. The van der Waals surface area contributed by atoms with Gasteiger partial charge in [0.15, 0.2) is 0 Å². The van der Waals surface area contributed by atoms with Crippen LogP contribution < -0.4 is 5.32 Å². The quantitative estimate of drug-likeness (QED) is 0.908. The van der Waals surface area contributed by atoms with E-state index in [1.54, 1.807) is 11.3 Å². The van der Waals surface area contributed by atoms with Crippen molar-refractivity contribution in [2.75, 3.05) is 6.54 Å². The van der Waals surface area contributed by atoms with Gasteiger partial charge in [0.05, 0.1) is 17.5 Å². The summed E-state index contributed by atoms with van der Waals surface area (Å²) in [6.45, 7) is 4.80. The van der Waals surface area contributed by atoms with Crippen molar-refractivity contribution in [1.29, 1.82) is 5.26 Å². The summed E-state index contributed by atoms with van der Waals surface area (Å²) in [4.78, 5) is 4.34. The van der Waals surface area contributed by atoms with Crippen LogP contribution in [0.25, 0.3) is 0 Å². The summed E-state index contributed by atoms with van der Waals surface area (Å²) < 4.78 is 0. The van der Waals surface area contributed by atoms with Gasteiger partial charge < -0.3 is 5.32 Å². The Hall–Kier alpha value is -1.70. The highest BCUT2D eigenvalue weighted by atomic mass is 32.1. The molecule has 2 aromatic rings. The van der Waals surface area contributed by atoms with E-state index < -0.39 is 0 Å². The molecule has 0 aliphatic heterocycles. The van der Waals surface area contributed by atoms with Crippen molar-refractivity contribution in [2.24, 2.45) is 0 Å². The molecule has 3 nitrogen and oxygen atoms in total. The molecule has 0 amide bonds. The van der Waals surface area contributed by atoms with Crippen LogP contribution in [0.15, 0.2) is 41.9 Å². The van der Waals surface area contributed by atoms with Crippen LogP contribution in [0.4, 0.5) is 0 Å². The fourth-order valence-electron chi connectivity index (χ4n) is 1.89. The van der Waals surface area contributed by atoms with Crippen LogP contribution in [-0.2, 0) is 5.54 Å². The summed E-state index contributed by atoms with van der Waals surface area (Å²) in [5.74, 6) is -0.138. The molecule has 0 radical (unpaired) electrons. The topological polar surface area (TPSA) is 48.7 Å². The van der Waals surface area contributed by atoms with Crippen molar-refractivity contribution in [1.82, 2.24) is 10.3 Å². The van der Waals surface area contributed by atoms with Gasteiger partial charge in [-0.3, -0.25) is 0 Å². The highest BCUT2D eigenvalue weighted by molar-refractivity contribution is 7.09. The highest BCUT2D eigenvalue weighted by Gasteiger charge is 2.24. The standard InChI is InChI=1S/C15H17N3S/c1-15(2,14-17-8-9-19-14)18-11-13(10-16)12-6-4-3-5-7-12/h3-9,13,18H,11H2,1-2H3. The smallest absolute Gasteiger partial charge is 0.112 e. The second-order valence-electron chi connectivity index (χ2n) is 4.94. The number of nitriles is 1. The first-order valence-electron chi connectivity index (χ1n) is 6.23. The molecule has 0 spiro atoms. The van der Waals surface area contributed by atoms with Gasteiger partial charge in [-0.25, -0.2) is 4.98 Å². The van der Waals surface area contributed by atoms with Gasteiger partial charge in [-0.1, -0.05) is 30.3 Å². The Morgan fingerprint density at radius 1 is 1.37 bits per heavy atom. The van der Waals surface area contributed by atoms with Gasteiger partial charge in [0.2, 0.25) is 0 Å². The fraction of sp³-hybridized carbons (Fsp3) is 0.333. The van der Waals surface area contributed by atoms with E-state index in [9.17, 15) is 5.26 Å². The number of aromatic nitrogens is 1. The Labute approximate surface area is 117 Å². The van der Waals surface area contributed by atoms with Crippen molar-refractivity contribution >= 4 is 11.3 Å². The van der Waals surface area contributed by atoms with Gasteiger partial charge in [-0.05, 0) is 19.4 Å². The van der Waals surface area contributed by atoms with Crippen LogP contribution >= 0.6 is 11.3 Å². The van der Waals surface area contributed by atoms with Gasteiger partial charge in [-0.15, -0.1) is 11.3 Å². The summed E-state index contributed by atoms with van der Waals surface area (Å²) in [5, 5.41) is 15.7. The molecule has 1 atom stereocenters. The second-order valence-corrected chi connectivity index (χ2v) is 5.83. The maximum absolute atomic E-state index is 9.30. The SMILES string of the molecule is CC(C)(NCC(C#N)c1ccccc1)c1nccs1. The molecule has 0 bridgehead atoms. The minimum atomic E-state index is -0.210. The normalized spacial score (nSPS) is 12.9. The van der Waals surface area contributed by atoms with E-state index in [2.05, 4.69) is 30.2 Å². The van der Waals surface area contributed by atoms with Crippen LogP contribution in [0, 0.1) is 11.3 Å². The van der Waals surface area contributed by atoms with Crippen molar-refractivity contribution in [2.45, 2.75) is 25.3 Å². The molecule has 1 aromatic carbocycles. The Kier molecular flexibility index (Phi) is 4.31. The molecule has 0 aliphatic rings. The first-order valence-corrected chi connectivity index (χ1v) is 7.11. The number of nitrogens with one attached hydrogen (secondary N) is 1. The summed E-state index contributed by atoms with van der Waals surface area (Å²) in [7, 11) is 0. The predicted molar refractivity (Wildman–Crippen MR) is 77.9 cm³/mol. The van der Waals surface area contributed by atoms with Gasteiger partial charge in [-0.2, -0.15) is 5.26 Å². The Morgan fingerprint density at radius 2 is 2.11 bits per heavy atom. The molecule has 19 heavy (non-hydrogen) atoms. The molecule has 0 aliphatic carbocycles. The van der Waals surface area contributed by atoms with Gasteiger partial charge >= 0.3 is 0 Å². The lowest BCUT2D eigenvalue weighted by atomic mass is 9.98. The Morgan fingerprint density at radius 3 is 2.68 bits per heavy atom. The van der Waals surface area contributed by atoms with Crippen molar-refractivity contribution in [3.8, 4) is 6.07 Å². The molecule has 1 N–H and O–H groups in total. The molecule has 0 saturated heterocycles. The molecule has 1 aromatic heterocycles. The molecular weight excluding hydrogens is 254 g/mol.